The van der Waals surface area contributed by atoms with Crippen LogP contribution in [0.5, 0.6) is 0 Å². The molecule has 1 aromatic carbocycles. The van der Waals surface area contributed by atoms with Gasteiger partial charge in [-0.15, -0.1) is 0 Å². The molecule has 0 spiro atoms. The number of hydrogen-bond donors (Lipinski definition) is 1. The SMILES string of the molecule is CC(C)(C)CCNC(=O)c1cc(-c2ccco2)nc2ccccc12. The zero-order valence-electron chi connectivity index (χ0n) is 14.3. The number of nitrogens with zero attached hydrogens (tertiary/aromatic N) is 1. The van der Waals surface area contributed by atoms with Gasteiger partial charge in [-0.2, -0.15) is 0 Å². The number of carbonyl (C=O) groups is 1. The van der Waals surface area contributed by atoms with Gasteiger partial charge in [-0.05, 0) is 36.1 Å². The molecule has 1 N–H and O–H groups in total. The van der Waals surface area contributed by atoms with Crippen molar-refractivity contribution in [1.29, 1.82) is 0 Å². The van der Waals surface area contributed by atoms with Crippen molar-refractivity contribution < 1.29 is 9.21 Å². The van der Waals surface area contributed by atoms with Gasteiger partial charge in [0.2, 0.25) is 0 Å². The summed E-state index contributed by atoms with van der Waals surface area (Å²) in [7, 11) is 0. The van der Waals surface area contributed by atoms with Crippen LogP contribution in [-0.2, 0) is 0 Å². The van der Waals surface area contributed by atoms with Crippen LogP contribution in [0.1, 0.15) is 37.6 Å². The normalized spacial score (nSPS) is 11.6. The maximum absolute atomic E-state index is 12.7. The number of benzene rings is 1. The Morgan fingerprint density at radius 1 is 1.17 bits per heavy atom. The summed E-state index contributed by atoms with van der Waals surface area (Å²) in [6, 6.07) is 13.1. The lowest BCUT2D eigenvalue weighted by molar-refractivity contribution is 0.0951. The smallest absolute Gasteiger partial charge is 0.252 e. The fourth-order valence-corrected chi connectivity index (χ4v) is 2.56. The number of aromatic nitrogens is 1. The van der Waals surface area contributed by atoms with E-state index in [1.807, 2.05) is 36.4 Å². The van der Waals surface area contributed by atoms with Crippen molar-refractivity contribution in [1.82, 2.24) is 10.3 Å². The topological polar surface area (TPSA) is 55.1 Å². The molecule has 0 bridgehead atoms. The van der Waals surface area contributed by atoms with Gasteiger partial charge in [0.15, 0.2) is 5.76 Å². The fourth-order valence-electron chi connectivity index (χ4n) is 2.56. The Morgan fingerprint density at radius 2 is 1.96 bits per heavy atom. The van der Waals surface area contributed by atoms with Crippen molar-refractivity contribution in [2.75, 3.05) is 6.54 Å². The van der Waals surface area contributed by atoms with Crippen molar-refractivity contribution in [2.24, 2.45) is 5.41 Å². The molecular formula is C20H22N2O2. The Labute approximate surface area is 141 Å². The average Bonchev–Trinajstić information content (AvgIpc) is 3.07. The van der Waals surface area contributed by atoms with Crippen LogP contribution in [0.2, 0.25) is 0 Å². The van der Waals surface area contributed by atoms with Gasteiger partial charge >= 0.3 is 0 Å². The van der Waals surface area contributed by atoms with Crippen molar-refractivity contribution in [3.05, 3.63) is 54.3 Å². The molecule has 0 radical (unpaired) electrons. The van der Waals surface area contributed by atoms with Crippen LogP contribution >= 0.6 is 0 Å². The van der Waals surface area contributed by atoms with Crippen LogP contribution in [0.15, 0.2) is 53.1 Å². The number of amides is 1. The summed E-state index contributed by atoms with van der Waals surface area (Å²) in [5.41, 5.74) is 2.26. The maximum atomic E-state index is 12.7. The van der Waals surface area contributed by atoms with E-state index >= 15 is 0 Å². The number of hydrogen-bond acceptors (Lipinski definition) is 3. The molecule has 1 amide bonds. The summed E-state index contributed by atoms with van der Waals surface area (Å²) in [6.45, 7) is 7.14. The van der Waals surface area contributed by atoms with Gasteiger partial charge in [-0.1, -0.05) is 39.0 Å². The number of pyridine rings is 1. The number of furan rings is 1. The highest BCUT2D eigenvalue weighted by atomic mass is 16.3. The van der Waals surface area contributed by atoms with Gasteiger partial charge in [-0.3, -0.25) is 4.79 Å². The van der Waals surface area contributed by atoms with Crippen LogP contribution in [0.25, 0.3) is 22.4 Å². The van der Waals surface area contributed by atoms with E-state index in [1.165, 1.54) is 0 Å². The number of carbonyl (C=O) groups excluding carboxylic acids is 1. The third-order valence-corrected chi connectivity index (χ3v) is 3.89. The predicted octanol–water partition coefficient (Wildman–Crippen LogP) is 4.66. The molecule has 2 heterocycles. The van der Waals surface area contributed by atoms with E-state index in [4.69, 9.17) is 4.42 Å². The number of nitrogens with one attached hydrogen (secondary N) is 1. The molecule has 4 nitrogen and oxygen atoms in total. The summed E-state index contributed by atoms with van der Waals surface area (Å²) >= 11 is 0. The minimum absolute atomic E-state index is 0.0781. The largest absolute Gasteiger partial charge is 0.463 e. The van der Waals surface area contributed by atoms with Crippen LogP contribution < -0.4 is 5.32 Å². The van der Waals surface area contributed by atoms with E-state index in [-0.39, 0.29) is 11.3 Å². The molecule has 0 saturated heterocycles. The van der Waals surface area contributed by atoms with Crippen LogP contribution in [0.4, 0.5) is 0 Å². The molecule has 4 heteroatoms. The van der Waals surface area contributed by atoms with Crippen LogP contribution in [0.3, 0.4) is 0 Å². The molecule has 0 aliphatic heterocycles. The number of rotatable bonds is 4. The van der Waals surface area contributed by atoms with Crippen molar-refractivity contribution in [3.63, 3.8) is 0 Å². The lowest BCUT2D eigenvalue weighted by Crippen LogP contribution is -2.27. The molecule has 0 aliphatic rings. The first kappa shape index (κ1) is 16.2. The molecule has 0 atom stereocenters. The van der Waals surface area contributed by atoms with Gasteiger partial charge in [0.05, 0.1) is 17.3 Å². The summed E-state index contributed by atoms with van der Waals surface area (Å²) in [4.78, 5) is 17.3. The minimum atomic E-state index is -0.0781. The lowest BCUT2D eigenvalue weighted by atomic mass is 9.92. The second-order valence-corrected chi connectivity index (χ2v) is 7.12. The van der Waals surface area contributed by atoms with Crippen molar-refractivity contribution in [2.45, 2.75) is 27.2 Å². The summed E-state index contributed by atoms with van der Waals surface area (Å²) < 4.78 is 5.43. The monoisotopic (exact) mass is 322 g/mol. The van der Waals surface area contributed by atoms with Crippen LogP contribution in [0, 0.1) is 5.41 Å². The first-order valence-corrected chi connectivity index (χ1v) is 8.16. The standard InChI is InChI=1S/C20H22N2O2/c1-20(2,3)10-11-21-19(23)15-13-17(18-9-6-12-24-18)22-16-8-5-4-7-14(15)16/h4-9,12-13H,10-11H2,1-3H3,(H,21,23). The van der Waals surface area contributed by atoms with Gasteiger partial charge < -0.3 is 9.73 Å². The third kappa shape index (κ3) is 3.65. The Hall–Kier alpha value is -2.62. The van der Waals surface area contributed by atoms with Crippen molar-refractivity contribution >= 4 is 16.8 Å². The lowest BCUT2D eigenvalue weighted by Gasteiger charge is -2.18. The molecule has 0 unspecified atom stereocenters. The van der Waals surface area contributed by atoms with E-state index < -0.39 is 0 Å². The van der Waals surface area contributed by atoms with Gasteiger partial charge in [0, 0.05) is 11.9 Å². The van der Waals surface area contributed by atoms with E-state index in [2.05, 4.69) is 31.1 Å². The highest BCUT2D eigenvalue weighted by molar-refractivity contribution is 6.07. The molecule has 2 aromatic heterocycles. The molecule has 0 saturated carbocycles. The second kappa shape index (κ2) is 6.48. The predicted molar refractivity (Wildman–Crippen MR) is 95.9 cm³/mol. The van der Waals surface area contributed by atoms with Gasteiger partial charge in [0.25, 0.3) is 5.91 Å². The third-order valence-electron chi connectivity index (χ3n) is 3.89. The number of fused-ring (bicyclic) bond motifs is 1. The average molecular weight is 322 g/mol. The zero-order chi connectivity index (χ0) is 17.2. The summed E-state index contributed by atoms with van der Waals surface area (Å²) in [5, 5.41) is 3.87. The maximum Gasteiger partial charge on any atom is 0.252 e. The Kier molecular flexibility index (Phi) is 4.38. The molecule has 3 rings (SSSR count). The Balaban J connectivity index is 1.95. The van der Waals surface area contributed by atoms with E-state index in [9.17, 15) is 4.79 Å². The summed E-state index contributed by atoms with van der Waals surface area (Å²) in [5.74, 6) is 0.579. The highest BCUT2D eigenvalue weighted by Gasteiger charge is 2.16. The van der Waals surface area contributed by atoms with Crippen LogP contribution in [-0.4, -0.2) is 17.4 Å². The van der Waals surface area contributed by atoms with E-state index in [0.29, 0.717) is 23.6 Å². The highest BCUT2D eigenvalue weighted by Crippen LogP contribution is 2.25. The molecular weight excluding hydrogens is 300 g/mol. The second-order valence-electron chi connectivity index (χ2n) is 7.12. The quantitative estimate of drug-likeness (QED) is 0.760. The summed E-state index contributed by atoms with van der Waals surface area (Å²) in [6.07, 6.45) is 2.53. The Bertz CT molecular complexity index is 846. The number of para-hydroxylation sites is 1. The molecule has 124 valence electrons. The van der Waals surface area contributed by atoms with E-state index in [1.54, 1.807) is 12.3 Å². The first-order valence-electron chi connectivity index (χ1n) is 8.16. The zero-order valence-corrected chi connectivity index (χ0v) is 14.3. The molecule has 24 heavy (non-hydrogen) atoms. The fraction of sp³-hybridized carbons (Fsp3) is 0.300. The van der Waals surface area contributed by atoms with Gasteiger partial charge in [-0.25, -0.2) is 4.98 Å². The molecule has 3 aromatic rings. The van der Waals surface area contributed by atoms with Crippen molar-refractivity contribution in [3.8, 4) is 11.5 Å². The first-order chi connectivity index (χ1) is 11.4. The van der Waals surface area contributed by atoms with Gasteiger partial charge in [0.1, 0.15) is 5.69 Å². The molecule has 0 aliphatic carbocycles. The Morgan fingerprint density at radius 3 is 2.67 bits per heavy atom. The molecule has 0 fully saturated rings. The van der Waals surface area contributed by atoms with E-state index in [0.717, 1.165) is 17.3 Å². The minimum Gasteiger partial charge on any atom is -0.463 e.